The summed E-state index contributed by atoms with van der Waals surface area (Å²) in [5.41, 5.74) is -0.709. The molecule has 8 heteroatoms. The highest BCUT2D eigenvalue weighted by atomic mass is 32.1. The smallest absolute Gasteiger partial charge is 0.233 e. The lowest BCUT2D eigenvalue weighted by molar-refractivity contribution is -0.136. The quantitative estimate of drug-likeness (QED) is 0.841. The minimum Gasteiger partial charge on any atom is -0.467 e. The van der Waals surface area contributed by atoms with Crippen molar-refractivity contribution in [2.24, 2.45) is 11.8 Å². The van der Waals surface area contributed by atoms with Crippen molar-refractivity contribution in [3.8, 4) is 0 Å². The van der Waals surface area contributed by atoms with E-state index in [2.05, 4.69) is 10.3 Å². The van der Waals surface area contributed by atoms with Gasteiger partial charge in [0.25, 0.3) is 0 Å². The molecule has 5 heterocycles. The molecular weight excluding hydrogens is 342 g/mol. The van der Waals surface area contributed by atoms with Crippen LogP contribution in [0.1, 0.15) is 5.76 Å². The van der Waals surface area contributed by atoms with E-state index in [1.54, 1.807) is 28.8 Å². The number of hydrogen-bond donors (Lipinski definition) is 1. The van der Waals surface area contributed by atoms with Gasteiger partial charge in [0, 0.05) is 11.6 Å². The molecular formula is C17H15N3O4S. The predicted octanol–water partition coefficient (Wildman–Crippen LogP) is 1.66. The first-order valence-corrected chi connectivity index (χ1v) is 8.93. The molecule has 2 aromatic heterocycles. The average Bonchev–Trinajstić information content (AvgIpc) is 3.37. The predicted molar refractivity (Wildman–Crippen MR) is 88.6 cm³/mol. The molecule has 0 aromatic carbocycles. The van der Waals surface area contributed by atoms with Crippen molar-refractivity contribution in [2.75, 3.05) is 11.9 Å². The van der Waals surface area contributed by atoms with Crippen LogP contribution in [-0.4, -0.2) is 39.9 Å². The molecule has 0 radical (unpaired) electrons. The number of aromatic nitrogens is 1. The van der Waals surface area contributed by atoms with Crippen molar-refractivity contribution in [1.29, 1.82) is 0 Å². The van der Waals surface area contributed by atoms with E-state index in [4.69, 9.17) is 9.15 Å². The first kappa shape index (κ1) is 14.9. The fourth-order valence-electron chi connectivity index (χ4n) is 4.08. The number of carbonyl (C=O) groups is 2. The summed E-state index contributed by atoms with van der Waals surface area (Å²) in [7, 11) is 0. The molecule has 25 heavy (non-hydrogen) atoms. The van der Waals surface area contributed by atoms with Crippen molar-refractivity contribution in [2.45, 2.75) is 18.2 Å². The van der Waals surface area contributed by atoms with Gasteiger partial charge in [0.1, 0.15) is 11.4 Å². The van der Waals surface area contributed by atoms with Crippen LogP contribution in [0.15, 0.2) is 46.5 Å². The Kier molecular flexibility index (Phi) is 3.13. The summed E-state index contributed by atoms with van der Waals surface area (Å²) in [5.74, 6) is -0.612. The van der Waals surface area contributed by atoms with Crippen molar-refractivity contribution in [3.05, 3.63) is 47.9 Å². The minimum absolute atomic E-state index is 0.0671. The van der Waals surface area contributed by atoms with E-state index >= 15 is 0 Å². The molecule has 7 nitrogen and oxygen atoms in total. The summed E-state index contributed by atoms with van der Waals surface area (Å²) in [6.45, 7) is 0.817. The highest BCUT2D eigenvalue weighted by molar-refractivity contribution is 7.13. The Balaban J connectivity index is 1.41. The van der Waals surface area contributed by atoms with Gasteiger partial charge in [-0.2, -0.15) is 0 Å². The molecule has 1 spiro atoms. The first-order chi connectivity index (χ1) is 12.2. The topological polar surface area (TPSA) is 84.7 Å². The van der Waals surface area contributed by atoms with Crippen molar-refractivity contribution >= 4 is 28.3 Å². The molecule has 5 rings (SSSR count). The van der Waals surface area contributed by atoms with Gasteiger partial charge in [0.15, 0.2) is 5.13 Å². The normalized spacial score (nSPS) is 32.4. The second kappa shape index (κ2) is 5.27. The number of anilines is 1. The number of furan rings is 1. The SMILES string of the molecule is O=C(Nc1nccs1)C1C2C(=O)N(Cc3ccco3)C[C@@]23C=C[C@@H]1O3. The Morgan fingerprint density at radius 3 is 3.20 bits per heavy atom. The van der Waals surface area contributed by atoms with E-state index in [0.29, 0.717) is 24.0 Å². The number of amides is 2. The molecule has 2 unspecified atom stereocenters. The lowest BCUT2D eigenvalue weighted by atomic mass is 9.77. The number of ether oxygens (including phenoxy) is 1. The molecule has 2 bridgehead atoms. The number of hydrogen-bond acceptors (Lipinski definition) is 6. The molecule has 1 N–H and O–H groups in total. The van der Waals surface area contributed by atoms with Gasteiger partial charge in [-0.3, -0.25) is 9.59 Å². The van der Waals surface area contributed by atoms with Gasteiger partial charge in [0.2, 0.25) is 11.8 Å². The van der Waals surface area contributed by atoms with Crippen LogP contribution in [0.4, 0.5) is 5.13 Å². The van der Waals surface area contributed by atoms with E-state index < -0.39 is 17.4 Å². The van der Waals surface area contributed by atoms with Gasteiger partial charge in [-0.1, -0.05) is 12.2 Å². The van der Waals surface area contributed by atoms with Crippen LogP contribution in [0.2, 0.25) is 0 Å². The molecule has 2 fully saturated rings. The van der Waals surface area contributed by atoms with Crippen molar-refractivity contribution in [3.63, 3.8) is 0 Å². The summed E-state index contributed by atoms with van der Waals surface area (Å²) in [6, 6.07) is 3.63. The van der Waals surface area contributed by atoms with Crippen molar-refractivity contribution in [1.82, 2.24) is 9.88 Å². The summed E-state index contributed by atoms with van der Waals surface area (Å²) in [6.07, 6.45) is 6.69. The van der Waals surface area contributed by atoms with E-state index in [1.807, 2.05) is 18.2 Å². The van der Waals surface area contributed by atoms with Crippen LogP contribution in [0.5, 0.6) is 0 Å². The van der Waals surface area contributed by atoms with Crippen LogP contribution >= 0.6 is 11.3 Å². The van der Waals surface area contributed by atoms with Crippen molar-refractivity contribution < 1.29 is 18.7 Å². The highest BCUT2D eigenvalue weighted by Crippen LogP contribution is 2.52. The highest BCUT2D eigenvalue weighted by Gasteiger charge is 2.66. The lowest BCUT2D eigenvalue weighted by Gasteiger charge is -2.23. The maximum absolute atomic E-state index is 13.0. The standard InChI is InChI=1S/C17H15N3O4S/c21-14(19-16-18-5-7-25-16)12-11-3-4-17(24-11)9-20(15(22)13(12)17)8-10-2-1-6-23-10/h1-7,11-13H,8-9H2,(H,18,19,21)/t11-,12?,13?,17-/m0/s1. The molecule has 4 atom stereocenters. The Labute approximate surface area is 147 Å². The molecule has 3 aliphatic rings. The first-order valence-electron chi connectivity index (χ1n) is 8.05. The zero-order valence-electron chi connectivity index (χ0n) is 13.1. The number of likely N-dealkylation sites (tertiary alicyclic amines) is 1. The number of nitrogens with one attached hydrogen (secondary N) is 1. The molecule has 0 aliphatic carbocycles. The van der Waals surface area contributed by atoms with E-state index in [1.165, 1.54) is 11.3 Å². The third kappa shape index (κ3) is 2.17. The maximum atomic E-state index is 13.0. The number of rotatable bonds is 4. The van der Waals surface area contributed by atoms with E-state index in [0.717, 1.165) is 0 Å². The molecule has 2 aromatic rings. The third-order valence-corrected chi connectivity index (χ3v) is 5.76. The number of fused-ring (bicyclic) bond motifs is 1. The van der Waals surface area contributed by atoms with Gasteiger partial charge < -0.3 is 19.4 Å². The Morgan fingerprint density at radius 1 is 1.52 bits per heavy atom. The second-order valence-electron chi connectivity index (χ2n) is 6.50. The van der Waals surface area contributed by atoms with Crippen LogP contribution < -0.4 is 5.32 Å². The second-order valence-corrected chi connectivity index (χ2v) is 7.39. The minimum atomic E-state index is -0.709. The van der Waals surface area contributed by atoms with E-state index in [-0.39, 0.29) is 17.9 Å². The van der Waals surface area contributed by atoms with Gasteiger partial charge >= 0.3 is 0 Å². The van der Waals surface area contributed by atoms with Gasteiger partial charge in [-0.15, -0.1) is 11.3 Å². The zero-order chi connectivity index (χ0) is 17.0. The molecule has 128 valence electrons. The van der Waals surface area contributed by atoms with Crippen LogP contribution in [0, 0.1) is 11.8 Å². The Bertz CT molecular complexity index is 847. The van der Waals surface area contributed by atoms with Gasteiger partial charge in [-0.05, 0) is 12.1 Å². The van der Waals surface area contributed by atoms with E-state index in [9.17, 15) is 9.59 Å². The summed E-state index contributed by atoms with van der Waals surface area (Å²) in [4.78, 5) is 31.5. The molecule has 2 amide bonds. The largest absolute Gasteiger partial charge is 0.467 e. The summed E-state index contributed by atoms with van der Waals surface area (Å²) in [5, 5.41) is 5.13. The fraction of sp³-hybridized carbons (Fsp3) is 0.353. The fourth-order valence-corrected chi connectivity index (χ4v) is 4.61. The third-order valence-electron chi connectivity index (χ3n) is 5.07. The Morgan fingerprint density at radius 2 is 2.44 bits per heavy atom. The summed E-state index contributed by atoms with van der Waals surface area (Å²) < 4.78 is 11.4. The Hall–Kier alpha value is -2.45. The van der Waals surface area contributed by atoms with Gasteiger partial charge in [-0.25, -0.2) is 4.98 Å². The monoisotopic (exact) mass is 357 g/mol. The lowest BCUT2D eigenvalue weighted by Crippen LogP contribution is -2.41. The van der Waals surface area contributed by atoms with Crippen LogP contribution in [0.25, 0.3) is 0 Å². The number of nitrogens with zero attached hydrogens (tertiary/aromatic N) is 2. The van der Waals surface area contributed by atoms with Gasteiger partial charge in [0.05, 0.1) is 37.3 Å². The average molecular weight is 357 g/mol. The molecule has 3 aliphatic heterocycles. The number of thiazole rings is 1. The molecule has 0 saturated carbocycles. The van der Waals surface area contributed by atoms with Crippen LogP contribution in [0.3, 0.4) is 0 Å². The zero-order valence-corrected chi connectivity index (χ0v) is 13.9. The number of carbonyl (C=O) groups excluding carboxylic acids is 2. The maximum Gasteiger partial charge on any atom is 0.233 e. The summed E-state index contributed by atoms with van der Waals surface area (Å²) >= 11 is 1.35. The van der Waals surface area contributed by atoms with Crippen LogP contribution in [-0.2, 0) is 20.9 Å². The molecule has 2 saturated heterocycles.